The quantitative estimate of drug-likeness (QED) is 0.553. The third-order valence-corrected chi connectivity index (χ3v) is 1.83. The number of nitrogens with one attached hydrogen (secondary N) is 1. The summed E-state index contributed by atoms with van der Waals surface area (Å²) in [4.78, 5) is 23.0. The first kappa shape index (κ1) is 14.3. The topological polar surface area (TPSA) is 89.9 Å². The van der Waals surface area contributed by atoms with E-state index in [0.29, 0.717) is 0 Å². The molecule has 2 amide bonds. The second-order valence-corrected chi connectivity index (χ2v) is 3.79. The lowest BCUT2D eigenvalue weighted by molar-refractivity contribution is -0.141. The van der Waals surface area contributed by atoms with Gasteiger partial charge in [-0.3, -0.25) is 4.79 Å². The van der Waals surface area contributed by atoms with Gasteiger partial charge in [-0.2, -0.15) is 0 Å². The Balaban J connectivity index is 4.09. The lowest BCUT2D eigenvalue weighted by atomic mass is 10.0. The monoisotopic (exact) mass is 228 g/mol. The number of carbonyl (C=O) groups is 2. The highest BCUT2D eigenvalue weighted by Gasteiger charge is 2.25. The van der Waals surface area contributed by atoms with Crippen LogP contribution in [0.15, 0.2) is 0 Å². The molecule has 0 aliphatic heterocycles. The Morgan fingerprint density at radius 1 is 1.56 bits per heavy atom. The third kappa shape index (κ3) is 5.88. The number of amides is 2. The first-order valence-corrected chi connectivity index (χ1v) is 4.65. The summed E-state index contributed by atoms with van der Waals surface area (Å²) in [6.45, 7) is 1.34. The molecular weight excluding hydrogens is 212 g/mol. The van der Waals surface area contributed by atoms with Crippen LogP contribution in [-0.4, -0.2) is 52.9 Å². The molecule has 0 aliphatic carbocycles. The predicted octanol–water partition coefficient (Wildman–Crippen LogP) is -0.513. The van der Waals surface area contributed by atoms with Gasteiger partial charge in [0.2, 0.25) is 0 Å². The van der Waals surface area contributed by atoms with E-state index >= 15 is 0 Å². The van der Waals surface area contributed by atoms with Crippen molar-refractivity contribution < 1.29 is 19.8 Å². The molecule has 0 aliphatic rings. The lowest BCUT2D eigenvalue weighted by Gasteiger charge is -2.23. The molecule has 1 unspecified atom stereocenters. The molecule has 0 radical (unpaired) electrons. The number of terminal acetylenes is 1. The molecule has 16 heavy (non-hydrogen) atoms. The molecular formula is C10H16N2O4. The van der Waals surface area contributed by atoms with E-state index < -0.39 is 24.0 Å². The van der Waals surface area contributed by atoms with Gasteiger partial charge in [-0.1, -0.05) is 5.92 Å². The summed E-state index contributed by atoms with van der Waals surface area (Å²) in [7, 11) is 1.50. The standard InChI is InChI=1S/C10H16N2O4/c1-4-5-12(3)9(15)11-7-10(2,16)6-8(13)14/h1,16H,5-7H2,2-3H3,(H,11,15)(H,13,14). The van der Waals surface area contributed by atoms with E-state index in [1.54, 1.807) is 0 Å². The number of urea groups is 1. The molecule has 0 fully saturated rings. The summed E-state index contributed by atoms with van der Waals surface area (Å²) in [5.74, 6) is 1.16. The zero-order valence-corrected chi connectivity index (χ0v) is 9.36. The Kier molecular flexibility index (Phi) is 5.33. The minimum atomic E-state index is -1.47. The molecule has 1 atom stereocenters. The minimum absolute atomic E-state index is 0.146. The van der Waals surface area contributed by atoms with E-state index in [1.165, 1.54) is 18.9 Å². The maximum Gasteiger partial charge on any atom is 0.318 e. The number of aliphatic hydroxyl groups is 1. The normalized spacial score (nSPS) is 13.4. The molecule has 0 saturated carbocycles. The van der Waals surface area contributed by atoms with Gasteiger partial charge in [-0.25, -0.2) is 4.79 Å². The van der Waals surface area contributed by atoms with Crippen molar-refractivity contribution in [2.75, 3.05) is 20.1 Å². The van der Waals surface area contributed by atoms with Gasteiger partial charge in [0.15, 0.2) is 0 Å². The number of rotatable bonds is 5. The van der Waals surface area contributed by atoms with E-state index in [2.05, 4.69) is 11.2 Å². The highest BCUT2D eigenvalue weighted by molar-refractivity contribution is 5.74. The Bertz CT molecular complexity index is 306. The first-order valence-electron chi connectivity index (χ1n) is 4.65. The summed E-state index contributed by atoms with van der Waals surface area (Å²) < 4.78 is 0. The molecule has 90 valence electrons. The summed E-state index contributed by atoms with van der Waals surface area (Å²) in [6, 6.07) is -0.455. The van der Waals surface area contributed by atoms with Gasteiger partial charge in [0, 0.05) is 13.6 Å². The van der Waals surface area contributed by atoms with E-state index in [1.807, 2.05) is 0 Å². The van der Waals surface area contributed by atoms with Crippen LogP contribution in [0.5, 0.6) is 0 Å². The number of carbonyl (C=O) groups excluding carboxylic acids is 1. The highest BCUT2D eigenvalue weighted by Crippen LogP contribution is 2.07. The van der Waals surface area contributed by atoms with Gasteiger partial charge in [-0.15, -0.1) is 6.42 Å². The van der Waals surface area contributed by atoms with E-state index in [9.17, 15) is 14.7 Å². The Morgan fingerprint density at radius 3 is 2.56 bits per heavy atom. The smallest absolute Gasteiger partial charge is 0.318 e. The molecule has 0 aromatic carbocycles. The van der Waals surface area contributed by atoms with E-state index in [0.717, 1.165) is 0 Å². The first-order chi connectivity index (χ1) is 7.28. The van der Waals surface area contributed by atoms with Gasteiger partial charge in [0.25, 0.3) is 0 Å². The second kappa shape index (κ2) is 5.98. The van der Waals surface area contributed by atoms with Crippen molar-refractivity contribution >= 4 is 12.0 Å². The van der Waals surface area contributed by atoms with Crippen molar-refractivity contribution in [3.63, 3.8) is 0 Å². The van der Waals surface area contributed by atoms with Crippen LogP contribution in [0.1, 0.15) is 13.3 Å². The van der Waals surface area contributed by atoms with Gasteiger partial charge in [0.1, 0.15) is 0 Å². The molecule has 0 aromatic heterocycles. The minimum Gasteiger partial charge on any atom is -0.481 e. The molecule has 6 heteroatoms. The van der Waals surface area contributed by atoms with E-state index in [-0.39, 0.29) is 13.1 Å². The SMILES string of the molecule is C#CCN(C)C(=O)NCC(C)(O)CC(=O)O. The summed E-state index contributed by atoms with van der Waals surface area (Å²) in [5, 5.41) is 20.5. The van der Waals surface area contributed by atoms with Gasteiger partial charge in [-0.05, 0) is 6.92 Å². The Morgan fingerprint density at radius 2 is 2.12 bits per heavy atom. The maximum atomic E-state index is 11.3. The fourth-order valence-electron chi connectivity index (χ4n) is 0.998. The van der Waals surface area contributed by atoms with Gasteiger partial charge >= 0.3 is 12.0 Å². The number of nitrogens with zero attached hydrogens (tertiary/aromatic N) is 1. The summed E-state index contributed by atoms with van der Waals surface area (Å²) in [5.41, 5.74) is -1.47. The van der Waals surface area contributed by atoms with Crippen molar-refractivity contribution in [2.24, 2.45) is 0 Å². The average Bonchev–Trinajstić information content (AvgIpc) is 2.12. The zero-order valence-electron chi connectivity index (χ0n) is 9.36. The van der Waals surface area contributed by atoms with Crippen molar-refractivity contribution in [3.8, 4) is 12.3 Å². The number of carboxylic acids is 1. The van der Waals surface area contributed by atoms with Gasteiger partial charge < -0.3 is 20.4 Å². The van der Waals surface area contributed by atoms with Crippen LogP contribution in [0, 0.1) is 12.3 Å². The van der Waals surface area contributed by atoms with E-state index in [4.69, 9.17) is 11.5 Å². The fourth-order valence-corrected chi connectivity index (χ4v) is 0.998. The second-order valence-electron chi connectivity index (χ2n) is 3.79. The molecule has 0 heterocycles. The molecule has 0 aromatic rings. The zero-order chi connectivity index (χ0) is 12.8. The van der Waals surface area contributed by atoms with Crippen LogP contribution in [0.4, 0.5) is 4.79 Å². The average molecular weight is 228 g/mol. The van der Waals surface area contributed by atoms with Crippen molar-refractivity contribution in [3.05, 3.63) is 0 Å². The van der Waals surface area contributed by atoms with Crippen LogP contribution in [0.3, 0.4) is 0 Å². The third-order valence-electron chi connectivity index (χ3n) is 1.83. The molecule has 0 saturated heterocycles. The van der Waals surface area contributed by atoms with Crippen LogP contribution in [0.2, 0.25) is 0 Å². The summed E-state index contributed by atoms with van der Waals surface area (Å²) in [6.07, 6.45) is 4.58. The summed E-state index contributed by atoms with van der Waals surface area (Å²) >= 11 is 0. The largest absolute Gasteiger partial charge is 0.481 e. The molecule has 0 spiro atoms. The molecule has 0 rings (SSSR count). The number of hydrogen-bond donors (Lipinski definition) is 3. The van der Waals surface area contributed by atoms with Crippen molar-refractivity contribution in [1.82, 2.24) is 10.2 Å². The van der Waals surface area contributed by atoms with Crippen molar-refractivity contribution in [1.29, 1.82) is 0 Å². The lowest BCUT2D eigenvalue weighted by Crippen LogP contribution is -2.46. The fraction of sp³-hybridized carbons (Fsp3) is 0.600. The predicted molar refractivity (Wildman–Crippen MR) is 57.7 cm³/mol. The maximum absolute atomic E-state index is 11.3. The van der Waals surface area contributed by atoms with Crippen LogP contribution in [0.25, 0.3) is 0 Å². The Hall–Kier alpha value is -1.74. The van der Waals surface area contributed by atoms with Crippen LogP contribution < -0.4 is 5.32 Å². The van der Waals surface area contributed by atoms with Crippen LogP contribution >= 0.6 is 0 Å². The molecule has 0 bridgehead atoms. The Labute approximate surface area is 94.2 Å². The molecule has 6 nitrogen and oxygen atoms in total. The van der Waals surface area contributed by atoms with Crippen molar-refractivity contribution in [2.45, 2.75) is 18.9 Å². The van der Waals surface area contributed by atoms with Crippen LogP contribution in [-0.2, 0) is 4.79 Å². The highest BCUT2D eigenvalue weighted by atomic mass is 16.4. The molecule has 3 N–H and O–H groups in total. The number of aliphatic carboxylic acids is 1. The number of carboxylic acid groups (broad SMARTS) is 1. The number of hydrogen-bond acceptors (Lipinski definition) is 3. The van der Waals surface area contributed by atoms with Gasteiger partial charge in [0.05, 0.1) is 18.6 Å².